The maximum atomic E-state index is 11.8. The number of carbonyl (C=O) groups is 1. The average Bonchev–Trinajstić information content (AvgIpc) is 2.21. The van der Waals surface area contributed by atoms with Crippen molar-refractivity contribution >= 4 is 17.7 Å². The van der Waals surface area contributed by atoms with Crippen LogP contribution in [0, 0.1) is 13.8 Å². The molecule has 1 aromatic rings. The van der Waals surface area contributed by atoms with Gasteiger partial charge in [0, 0.05) is 18.0 Å². The highest BCUT2D eigenvalue weighted by Crippen LogP contribution is 2.29. The Bertz CT molecular complexity index is 417. The van der Waals surface area contributed by atoms with Gasteiger partial charge in [0.1, 0.15) is 11.5 Å². The summed E-state index contributed by atoms with van der Waals surface area (Å²) in [5.74, 6) is -0.269. The molecule has 0 spiro atoms. The maximum absolute atomic E-state index is 11.8. The second-order valence-electron chi connectivity index (χ2n) is 3.49. The molecule has 0 radical (unpaired) electrons. The molecule has 18 heavy (non-hydrogen) atoms. The zero-order valence-electron chi connectivity index (χ0n) is 9.84. The van der Waals surface area contributed by atoms with Crippen LogP contribution in [-0.4, -0.2) is 33.7 Å². The molecule has 1 heterocycles. The van der Waals surface area contributed by atoms with Gasteiger partial charge in [0.25, 0.3) is 5.91 Å². The smallest absolute Gasteiger partial charge is 0.350 e. The van der Waals surface area contributed by atoms with Crippen LogP contribution in [-0.2, 0) is 0 Å². The second kappa shape index (κ2) is 6.03. The van der Waals surface area contributed by atoms with Gasteiger partial charge < -0.3 is 5.32 Å². The van der Waals surface area contributed by atoms with E-state index in [0.29, 0.717) is 11.5 Å². The zero-order valence-corrected chi connectivity index (χ0v) is 10.7. The number of aryl methyl sites for hydroxylation is 2. The van der Waals surface area contributed by atoms with Gasteiger partial charge >= 0.3 is 5.51 Å². The number of rotatable bonds is 4. The van der Waals surface area contributed by atoms with Crippen LogP contribution in [0.1, 0.15) is 22.0 Å². The predicted molar refractivity (Wildman–Crippen MR) is 62.4 cm³/mol. The first-order valence-electron chi connectivity index (χ1n) is 5.09. The van der Waals surface area contributed by atoms with Crippen molar-refractivity contribution in [1.29, 1.82) is 0 Å². The van der Waals surface area contributed by atoms with E-state index in [1.165, 1.54) is 6.07 Å². The quantitative estimate of drug-likeness (QED) is 0.857. The SMILES string of the molecule is Cc1cc(C(=O)NCCSC(F)(F)F)nc(C)n1. The summed E-state index contributed by atoms with van der Waals surface area (Å²) >= 11 is -0.170. The fourth-order valence-corrected chi connectivity index (χ4v) is 1.69. The largest absolute Gasteiger partial charge is 0.441 e. The van der Waals surface area contributed by atoms with Gasteiger partial charge in [0.05, 0.1) is 0 Å². The predicted octanol–water partition coefficient (Wildman–Crippen LogP) is 2.08. The molecule has 0 atom stereocenters. The molecule has 0 aliphatic heterocycles. The van der Waals surface area contributed by atoms with Gasteiger partial charge in [-0.05, 0) is 31.7 Å². The molecule has 4 nitrogen and oxygen atoms in total. The Hall–Kier alpha value is -1.31. The third-order valence-electron chi connectivity index (χ3n) is 1.85. The Balaban J connectivity index is 2.46. The molecule has 0 unspecified atom stereocenters. The highest BCUT2D eigenvalue weighted by atomic mass is 32.2. The first-order valence-corrected chi connectivity index (χ1v) is 6.07. The minimum absolute atomic E-state index is 0.0644. The van der Waals surface area contributed by atoms with Gasteiger partial charge in [-0.1, -0.05) is 0 Å². The lowest BCUT2D eigenvalue weighted by atomic mass is 10.3. The molecule has 100 valence electrons. The third-order valence-corrected chi connectivity index (χ3v) is 2.59. The molecular weight excluding hydrogens is 267 g/mol. The normalized spacial score (nSPS) is 11.4. The summed E-state index contributed by atoms with van der Waals surface area (Å²) < 4.78 is 35.5. The summed E-state index contributed by atoms with van der Waals surface area (Å²) in [6.07, 6.45) is 0. The first kappa shape index (κ1) is 14.7. The van der Waals surface area contributed by atoms with Crippen LogP contribution in [0.4, 0.5) is 13.2 Å². The molecule has 1 amide bonds. The summed E-state index contributed by atoms with van der Waals surface area (Å²) in [7, 11) is 0. The van der Waals surface area contributed by atoms with E-state index < -0.39 is 11.4 Å². The van der Waals surface area contributed by atoms with Crippen molar-refractivity contribution in [2.45, 2.75) is 19.4 Å². The lowest BCUT2D eigenvalue weighted by Gasteiger charge is -2.07. The number of thioether (sulfide) groups is 1. The number of carbonyl (C=O) groups excluding carboxylic acids is 1. The molecule has 8 heteroatoms. The van der Waals surface area contributed by atoms with E-state index in [0.717, 1.165) is 0 Å². The number of hydrogen-bond donors (Lipinski definition) is 1. The van der Waals surface area contributed by atoms with Crippen LogP contribution in [0.3, 0.4) is 0 Å². The van der Waals surface area contributed by atoms with E-state index in [1.54, 1.807) is 13.8 Å². The molecule has 1 rings (SSSR count). The van der Waals surface area contributed by atoms with E-state index in [-0.39, 0.29) is 29.8 Å². The standard InChI is InChI=1S/C10H12F3N3OS/c1-6-5-8(16-7(2)15-6)9(17)14-3-4-18-10(11,12)13/h5H,3-4H2,1-2H3,(H,14,17). The van der Waals surface area contributed by atoms with Gasteiger partial charge in [-0.3, -0.25) is 4.79 Å². The van der Waals surface area contributed by atoms with Crippen LogP contribution in [0.2, 0.25) is 0 Å². The molecule has 0 aromatic carbocycles. The van der Waals surface area contributed by atoms with Crippen molar-refractivity contribution in [2.75, 3.05) is 12.3 Å². The van der Waals surface area contributed by atoms with Crippen molar-refractivity contribution in [3.8, 4) is 0 Å². The maximum Gasteiger partial charge on any atom is 0.441 e. The lowest BCUT2D eigenvalue weighted by Crippen LogP contribution is -2.27. The average molecular weight is 279 g/mol. The molecule has 0 saturated heterocycles. The fraction of sp³-hybridized carbons (Fsp3) is 0.500. The Morgan fingerprint density at radius 3 is 2.61 bits per heavy atom. The van der Waals surface area contributed by atoms with Gasteiger partial charge in [-0.2, -0.15) is 13.2 Å². The summed E-state index contributed by atoms with van der Waals surface area (Å²) in [4.78, 5) is 19.5. The van der Waals surface area contributed by atoms with E-state index in [9.17, 15) is 18.0 Å². The monoisotopic (exact) mass is 279 g/mol. The van der Waals surface area contributed by atoms with E-state index >= 15 is 0 Å². The van der Waals surface area contributed by atoms with Gasteiger partial charge in [0.2, 0.25) is 0 Å². The van der Waals surface area contributed by atoms with Gasteiger partial charge in [-0.15, -0.1) is 0 Å². The van der Waals surface area contributed by atoms with Crippen molar-refractivity contribution in [3.63, 3.8) is 0 Å². The summed E-state index contributed by atoms with van der Waals surface area (Å²) in [5.41, 5.74) is -3.47. The first-order chi connectivity index (χ1) is 8.28. The minimum atomic E-state index is -4.27. The van der Waals surface area contributed by atoms with Crippen LogP contribution in [0.25, 0.3) is 0 Å². The summed E-state index contributed by atoms with van der Waals surface area (Å²) in [6.45, 7) is 3.29. The van der Waals surface area contributed by atoms with Crippen molar-refractivity contribution < 1.29 is 18.0 Å². The third kappa shape index (κ3) is 5.35. The van der Waals surface area contributed by atoms with E-state index in [4.69, 9.17) is 0 Å². The molecule has 1 aromatic heterocycles. The second-order valence-corrected chi connectivity index (χ2v) is 4.65. The number of amides is 1. The number of halogens is 3. The van der Waals surface area contributed by atoms with Crippen LogP contribution in [0.5, 0.6) is 0 Å². The van der Waals surface area contributed by atoms with Crippen LogP contribution in [0.15, 0.2) is 6.07 Å². The Kier molecular flexibility index (Phi) is 4.94. The van der Waals surface area contributed by atoms with Gasteiger partial charge in [-0.25, -0.2) is 9.97 Å². The molecule has 0 fully saturated rings. The number of alkyl halides is 3. The number of hydrogen-bond acceptors (Lipinski definition) is 4. The molecule has 1 N–H and O–H groups in total. The number of nitrogens with one attached hydrogen (secondary N) is 1. The van der Waals surface area contributed by atoms with Crippen LogP contribution >= 0.6 is 11.8 Å². The molecule has 0 aliphatic rings. The van der Waals surface area contributed by atoms with Crippen molar-refractivity contribution in [2.24, 2.45) is 0 Å². The number of aromatic nitrogens is 2. The van der Waals surface area contributed by atoms with Crippen molar-refractivity contribution in [1.82, 2.24) is 15.3 Å². The molecule has 0 bridgehead atoms. The van der Waals surface area contributed by atoms with Crippen LogP contribution < -0.4 is 5.32 Å². The minimum Gasteiger partial charge on any atom is -0.350 e. The fourth-order valence-electron chi connectivity index (χ4n) is 1.26. The van der Waals surface area contributed by atoms with E-state index in [2.05, 4.69) is 15.3 Å². The highest BCUT2D eigenvalue weighted by molar-refractivity contribution is 8.00. The Labute approximate surface area is 106 Å². The Morgan fingerprint density at radius 1 is 1.39 bits per heavy atom. The molecule has 0 saturated carbocycles. The summed E-state index contributed by atoms with van der Waals surface area (Å²) in [6, 6.07) is 1.49. The highest BCUT2D eigenvalue weighted by Gasteiger charge is 2.27. The Morgan fingerprint density at radius 2 is 2.06 bits per heavy atom. The van der Waals surface area contributed by atoms with E-state index in [1.807, 2.05) is 0 Å². The lowest BCUT2D eigenvalue weighted by molar-refractivity contribution is -0.0327. The topological polar surface area (TPSA) is 54.9 Å². The molecule has 0 aliphatic carbocycles. The zero-order chi connectivity index (χ0) is 13.8. The van der Waals surface area contributed by atoms with Crippen molar-refractivity contribution in [3.05, 3.63) is 23.3 Å². The van der Waals surface area contributed by atoms with Gasteiger partial charge in [0.15, 0.2) is 0 Å². The summed E-state index contributed by atoms with van der Waals surface area (Å²) in [5, 5.41) is 2.38. The number of nitrogens with zero attached hydrogens (tertiary/aromatic N) is 2. The molecular formula is C10H12F3N3OS.